The highest BCUT2D eigenvalue weighted by atomic mass is 16.5. The van der Waals surface area contributed by atoms with Gasteiger partial charge in [-0.25, -0.2) is 0 Å². The molecular formula is C29H34N2O3. The van der Waals surface area contributed by atoms with Crippen molar-refractivity contribution in [1.82, 2.24) is 10.2 Å². The van der Waals surface area contributed by atoms with Crippen molar-refractivity contribution in [2.75, 3.05) is 27.3 Å². The van der Waals surface area contributed by atoms with Crippen molar-refractivity contribution in [1.29, 1.82) is 0 Å². The van der Waals surface area contributed by atoms with Crippen LogP contribution >= 0.6 is 0 Å². The van der Waals surface area contributed by atoms with Gasteiger partial charge in [-0.3, -0.25) is 9.69 Å². The van der Waals surface area contributed by atoms with Gasteiger partial charge in [0.25, 0.3) is 0 Å². The van der Waals surface area contributed by atoms with Gasteiger partial charge in [-0.05, 0) is 60.2 Å². The van der Waals surface area contributed by atoms with Gasteiger partial charge in [-0.2, -0.15) is 0 Å². The maximum atomic E-state index is 13.1. The highest BCUT2D eigenvalue weighted by Crippen LogP contribution is 2.35. The van der Waals surface area contributed by atoms with Crippen molar-refractivity contribution >= 4 is 5.91 Å². The van der Waals surface area contributed by atoms with Crippen LogP contribution in [-0.2, 0) is 17.8 Å². The molecule has 34 heavy (non-hydrogen) atoms. The van der Waals surface area contributed by atoms with E-state index in [1.54, 1.807) is 14.2 Å². The molecule has 1 amide bonds. The Morgan fingerprint density at radius 2 is 1.65 bits per heavy atom. The number of piperidine rings is 1. The van der Waals surface area contributed by atoms with Gasteiger partial charge in [-0.15, -0.1) is 0 Å². The summed E-state index contributed by atoms with van der Waals surface area (Å²) in [4.78, 5) is 15.5. The molecule has 1 aliphatic rings. The molecular weight excluding hydrogens is 424 g/mol. The summed E-state index contributed by atoms with van der Waals surface area (Å²) in [6.07, 6.45) is 2.66. The molecule has 0 radical (unpaired) electrons. The van der Waals surface area contributed by atoms with Crippen molar-refractivity contribution in [2.45, 2.75) is 31.8 Å². The van der Waals surface area contributed by atoms with Crippen LogP contribution in [-0.4, -0.2) is 38.1 Å². The molecule has 1 saturated heterocycles. The summed E-state index contributed by atoms with van der Waals surface area (Å²) >= 11 is 0. The molecule has 178 valence electrons. The van der Waals surface area contributed by atoms with E-state index in [0.717, 1.165) is 43.9 Å². The first kappa shape index (κ1) is 23.8. The Morgan fingerprint density at radius 1 is 0.882 bits per heavy atom. The summed E-state index contributed by atoms with van der Waals surface area (Å²) in [5, 5.41) is 3.17. The molecule has 0 unspecified atom stereocenters. The second-order valence-electron chi connectivity index (χ2n) is 8.87. The number of nitrogens with zero attached hydrogens (tertiary/aromatic N) is 1. The number of hydrogen-bond donors (Lipinski definition) is 1. The van der Waals surface area contributed by atoms with E-state index >= 15 is 0 Å². The molecule has 1 fully saturated rings. The minimum atomic E-state index is -0.0126. The number of hydrogen-bond acceptors (Lipinski definition) is 4. The molecule has 1 heterocycles. The fourth-order valence-corrected chi connectivity index (χ4v) is 4.76. The maximum Gasteiger partial charge on any atom is 0.224 e. The largest absolute Gasteiger partial charge is 0.497 e. The Morgan fingerprint density at radius 3 is 2.38 bits per heavy atom. The number of methoxy groups -OCH3 is 2. The summed E-state index contributed by atoms with van der Waals surface area (Å²) in [5.74, 6) is 1.84. The smallest absolute Gasteiger partial charge is 0.224 e. The van der Waals surface area contributed by atoms with Crippen LogP contribution in [0.4, 0.5) is 0 Å². The minimum Gasteiger partial charge on any atom is -0.497 e. The van der Waals surface area contributed by atoms with Crippen LogP contribution in [0.25, 0.3) is 0 Å². The molecule has 0 bridgehead atoms. The second-order valence-corrected chi connectivity index (χ2v) is 8.87. The van der Waals surface area contributed by atoms with E-state index in [2.05, 4.69) is 52.7 Å². The van der Waals surface area contributed by atoms with Gasteiger partial charge in [-0.1, -0.05) is 54.6 Å². The number of nitrogens with one attached hydrogen (secondary N) is 1. The monoisotopic (exact) mass is 458 g/mol. The molecule has 1 N–H and O–H groups in total. The fraction of sp³-hybridized carbons (Fsp3) is 0.345. The van der Waals surface area contributed by atoms with Crippen LogP contribution in [0.1, 0.15) is 35.6 Å². The van der Waals surface area contributed by atoms with Gasteiger partial charge < -0.3 is 14.8 Å². The Hall–Kier alpha value is -3.31. The Balaban J connectivity index is 1.40. The molecule has 0 aromatic heterocycles. The third-order valence-corrected chi connectivity index (χ3v) is 6.63. The van der Waals surface area contributed by atoms with Crippen LogP contribution in [0.15, 0.2) is 78.9 Å². The fourth-order valence-electron chi connectivity index (χ4n) is 4.76. The summed E-state index contributed by atoms with van der Waals surface area (Å²) < 4.78 is 10.6. The number of likely N-dealkylation sites (tertiary alicyclic amines) is 1. The summed E-state index contributed by atoms with van der Waals surface area (Å²) in [6.45, 7) is 2.16. The number of rotatable bonds is 9. The van der Waals surface area contributed by atoms with E-state index in [4.69, 9.17) is 9.47 Å². The highest BCUT2D eigenvalue weighted by Gasteiger charge is 2.32. The van der Waals surface area contributed by atoms with Gasteiger partial charge in [0.1, 0.15) is 11.5 Å². The zero-order valence-corrected chi connectivity index (χ0v) is 20.1. The van der Waals surface area contributed by atoms with Gasteiger partial charge in [0.2, 0.25) is 5.91 Å². The third kappa shape index (κ3) is 6.17. The lowest BCUT2D eigenvalue weighted by molar-refractivity contribution is -0.127. The Bertz CT molecular complexity index is 1050. The molecule has 3 aromatic carbocycles. The van der Waals surface area contributed by atoms with Crippen LogP contribution in [0.2, 0.25) is 0 Å². The molecule has 5 nitrogen and oxygen atoms in total. The first-order valence-electron chi connectivity index (χ1n) is 12.0. The first-order valence-corrected chi connectivity index (χ1v) is 12.0. The van der Waals surface area contributed by atoms with Crippen LogP contribution < -0.4 is 14.8 Å². The highest BCUT2D eigenvalue weighted by molar-refractivity contribution is 5.79. The number of carbonyl (C=O) groups excluding carboxylic acids is 1. The zero-order valence-electron chi connectivity index (χ0n) is 20.1. The summed E-state index contributed by atoms with van der Waals surface area (Å²) in [6, 6.07) is 27.1. The summed E-state index contributed by atoms with van der Waals surface area (Å²) in [5.41, 5.74) is 3.69. The van der Waals surface area contributed by atoms with E-state index in [0.29, 0.717) is 12.6 Å². The predicted molar refractivity (Wildman–Crippen MR) is 135 cm³/mol. The number of ether oxygens (including phenoxy) is 2. The van der Waals surface area contributed by atoms with Gasteiger partial charge >= 0.3 is 0 Å². The molecule has 0 spiro atoms. The molecule has 5 heteroatoms. The van der Waals surface area contributed by atoms with Crippen LogP contribution in [0, 0.1) is 5.92 Å². The van der Waals surface area contributed by atoms with E-state index < -0.39 is 0 Å². The van der Waals surface area contributed by atoms with E-state index in [1.807, 2.05) is 36.4 Å². The van der Waals surface area contributed by atoms with Crippen molar-refractivity contribution in [3.63, 3.8) is 0 Å². The average Bonchev–Trinajstić information content (AvgIpc) is 2.89. The molecule has 1 aliphatic heterocycles. The van der Waals surface area contributed by atoms with Crippen LogP contribution in [0.3, 0.4) is 0 Å². The maximum absolute atomic E-state index is 13.1. The quantitative estimate of drug-likeness (QED) is 0.489. The predicted octanol–water partition coefficient (Wildman–Crippen LogP) is 5.02. The molecule has 0 saturated carbocycles. The molecule has 0 aliphatic carbocycles. The Kier molecular flexibility index (Phi) is 8.21. The van der Waals surface area contributed by atoms with Crippen molar-refractivity contribution < 1.29 is 14.3 Å². The molecule has 2 atom stereocenters. The van der Waals surface area contributed by atoms with E-state index in [9.17, 15) is 4.79 Å². The normalized spacial score (nSPS) is 18.3. The molecule has 4 rings (SSSR count). The number of benzene rings is 3. The zero-order chi connectivity index (χ0) is 23.8. The lowest BCUT2D eigenvalue weighted by Gasteiger charge is -2.39. The van der Waals surface area contributed by atoms with E-state index in [-0.39, 0.29) is 11.8 Å². The lowest BCUT2D eigenvalue weighted by Crippen LogP contribution is -2.44. The minimum absolute atomic E-state index is 0.0126. The SMILES string of the molecule is COc1ccc(CCNC(=O)[C@H]2CC[C@@H](c3ccccc3)N(Cc3cccc(OC)c3)C2)cc1. The third-order valence-electron chi connectivity index (χ3n) is 6.63. The standard InChI is InChI=1S/C29H34N2O3/c1-33-26-14-11-22(12-15-26)17-18-30-29(32)25-13-16-28(24-8-4-3-5-9-24)31(21-25)20-23-7-6-10-27(19-23)34-2/h3-12,14-15,19,25,28H,13,16-18,20-21H2,1-2H3,(H,30,32)/t25-,28-/m0/s1. The first-order chi connectivity index (χ1) is 16.7. The van der Waals surface area contributed by atoms with Crippen molar-refractivity contribution in [3.8, 4) is 11.5 Å². The molecule has 3 aromatic rings. The van der Waals surface area contributed by atoms with Crippen molar-refractivity contribution in [2.24, 2.45) is 5.92 Å². The van der Waals surface area contributed by atoms with Gasteiger partial charge in [0.05, 0.1) is 20.1 Å². The summed E-state index contributed by atoms with van der Waals surface area (Å²) in [7, 11) is 3.36. The van der Waals surface area contributed by atoms with E-state index in [1.165, 1.54) is 16.7 Å². The number of carbonyl (C=O) groups is 1. The topological polar surface area (TPSA) is 50.8 Å². The van der Waals surface area contributed by atoms with Crippen molar-refractivity contribution in [3.05, 3.63) is 95.6 Å². The average molecular weight is 459 g/mol. The number of amides is 1. The van der Waals surface area contributed by atoms with Crippen LogP contribution in [0.5, 0.6) is 11.5 Å². The van der Waals surface area contributed by atoms with Gasteiger partial charge in [0.15, 0.2) is 0 Å². The Labute approximate surface area is 202 Å². The lowest BCUT2D eigenvalue weighted by atomic mass is 9.88. The van der Waals surface area contributed by atoms with Gasteiger partial charge in [0, 0.05) is 25.7 Å². The second kappa shape index (κ2) is 11.7.